The molecule has 0 bridgehead atoms. The van der Waals surface area contributed by atoms with Gasteiger partial charge in [0.25, 0.3) is 5.91 Å². The number of hydrogen-bond donors (Lipinski definition) is 1. The highest BCUT2D eigenvalue weighted by Crippen LogP contribution is 2.41. The second-order valence-electron chi connectivity index (χ2n) is 6.61. The van der Waals surface area contributed by atoms with Gasteiger partial charge in [-0.1, -0.05) is 0 Å². The number of amides is 1. The summed E-state index contributed by atoms with van der Waals surface area (Å²) in [5.41, 5.74) is 5.16. The molecule has 1 amide bonds. The summed E-state index contributed by atoms with van der Waals surface area (Å²) in [5.74, 6) is 0.703. The summed E-state index contributed by atoms with van der Waals surface area (Å²) in [6.45, 7) is 1.46. The van der Waals surface area contributed by atoms with E-state index in [2.05, 4.69) is 20.3 Å². The zero-order valence-corrected chi connectivity index (χ0v) is 13.3. The fraction of sp³-hybridized carbons (Fsp3) is 0.412. The Morgan fingerprint density at radius 2 is 2.12 bits per heavy atom. The van der Waals surface area contributed by atoms with Gasteiger partial charge < -0.3 is 4.90 Å². The molecular weight excluding hydrogens is 304 g/mol. The van der Waals surface area contributed by atoms with Gasteiger partial charge in [0.05, 0.1) is 5.69 Å². The zero-order valence-electron chi connectivity index (χ0n) is 13.3. The van der Waals surface area contributed by atoms with E-state index in [0.29, 0.717) is 17.1 Å². The Hall–Kier alpha value is -2.70. The lowest BCUT2D eigenvalue weighted by atomic mass is 10.1. The number of rotatable bonds is 2. The van der Waals surface area contributed by atoms with Crippen LogP contribution in [0, 0.1) is 0 Å². The number of H-pyrrole nitrogens is 1. The van der Waals surface area contributed by atoms with Crippen LogP contribution in [0.3, 0.4) is 0 Å². The number of fused-ring (bicyclic) bond motifs is 2. The van der Waals surface area contributed by atoms with Gasteiger partial charge in [0, 0.05) is 42.9 Å². The summed E-state index contributed by atoms with van der Waals surface area (Å²) in [7, 11) is 0. The average molecular weight is 322 g/mol. The molecule has 24 heavy (non-hydrogen) atoms. The van der Waals surface area contributed by atoms with Gasteiger partial charge in [-0.2, -0.15) is 10.2 Å². The number of aromatic nitrogens is 5. The van der Waals surface area contributed by atoms with Crippen molar-refractivity contribution in [2.75, 3.05) is 13.1 Å². The summed E-state index contributed by atoms with van der Waals surface area (Å²) in [4.78, 5) is 19.0. The summed E-state index contributed by atoms with van der Waals surface area (Å²) in [6, 6.07) is 3.61. The maximum absolute atomic E-state index is 12.9. The maximum Gasteiger partial charge on any atom is 0.254 e. The van der Waals surface area contributed by atoms with Gasteiger partial charge in [0.2, 0.25) is 0 Å². The van der Waals surface area contributed by atoms with Crippen LogP contribution in [0.2, 0.25) is 0 Å². The molecule has 3 aromatic rings. The van der Waals surface area contributed by atoms with Gasteiger partial charge in [-0.3, -0.25) is 9.89 Å². The predicted molar refractivity (Wildman–Crippen MR) is 86.9 cm³/mol. The highest BCUT2D eigenvalue weighted by molar-refractivity contribution is 5.95. The quantitative estimate of drug-likeness (QED) is 0.777. The van der Waals surface area contributed by atoms with Crippen LogP contribution in [-0.2, 0) is 12.8 Å². The first-order valence-electron chi connectivity index (χ1n) is 8.44. The van der Waals surface area contributed by atoms with E-state index in [9.17, 15) is 4.79 Å². The van der Waals surface area contributed by atoms with Crippen molar-refractivity contribution in [2.45, 2.75) is 31.6 Å². The standard InChI is InChI=1S/C17H18N6O/c24-17(12-3-8-23-15(9-12)18-10-19-23)22-6-4-13-14(5-7-22)20-21-16(13)11-1-2-11/h3,8-11H,1-2,4-7H2,(H,20,21). The van der Waals surface area contributed by atoms with Gasteiger partial charge in [-0.05, 0) is 37.0 Å². The Labute approximate surface area is 138 Å². The Morgan fingerprint density at radius 1 is 1.25 bits per heavy atom. The SMILES string of the molecule is O=C(c1ccn2ncnc2c1)N1CCc2[nH]nc(C3CC3)c2CC1. The van der Waals surface area contributed by atoms with Crippen LogP contribution in [0.5, 0.6) is 0 Å². The van der Waals surface area contributed by atoms with Crippen molar-refractivity contribution in [2.24, 2.45) is 0 Å². The van der Waals surface area contributed by atoms with Crippen molar-refractivity contribution >= 4 is 11.6 Å². The van der Waals surface area contributed by atoms with Crippen LogP contribution in [0.15, 0.2) is 24.7 Å². The van der Waals surface area contributed by atoms with Crippen molar-refractivity contribution in [3.05, 3.63) is 47.2 Å². The molecule has 7 heteroatoms. The first kappa shape index (κ1) is 13.7. The molecule has 1 aliphatic heterocycles. The molecule has 122 valence electrons. The van der Waals surface area contributed by atoms with Crippen LogP contribution >= 0.6 is 0 Å². The molecule has 7 nitrogen and oxygen atoms in total. The van der Waals surface area contributed by atoms with Gasteiger partial charge in [0.15, 0.2) is 5.65 Å². The number of pyridine rings is 1. The predicted octanol–water partition coefficient (Wildman–Crippen LogP) is 1.57. The minimum atomic E-state index is 0.0617. The van der Waals surface area contributed by atoms with E-state index in [-0.39, 0.29) is 5.91 Å². The largest absolute Gasteiger partial charge is 0.338 e. The highest BCUT2D eigenvalue weighted by Gasteiger charge is 2.31. The van der Waals surface area contributed by atoms with Crippen molar-refractivity contribution < 1.29 is 4.79 Å². The Bertz CT molecular complexity index is 922. The third kappa shape index (κ3) is 2.19. The molecular formula is C17H18N6O. The van der Waals surface area contributed by atoms with Crippen LogP contribution in [-0.4, -0.2) is 48.7 Å². The van der Waals surface area contributed by atoms with E-state index in [0.717, 1.165) is 25.9 Å². The molecule has 0 radical (unpaired) electrons. The minimum Gasteiger partial charge on any atom is -0.338 e. The lowest BCUT2D eigenvalue weighted by molar-refractivity contribution is 0.0762. The molecule has 4 heterocycles. The number of nitrogens with one attached hydrogen (secondary N) is 1. The molecule has 1 fully saturated rings. The molecule has 0 spiro atoms. The smallest absolute Gasteiger partial charge is 0.254 e. The summed E-state index contributed by atoms with van der Waals surface area (Å²) >= 11 is 0. The molecule has 0 aromatic carbocycles. The van der Waals surface area contributed by atoms with Gasteiger partial charge in [-0.15, -0.1) is 0 Å². The molecule has 2 aliphatic rings. The Kier molecular flexibility index (Phi) is 2.95. The molecule has 0 saturated heterocycles. The topological polar surface area (TPSA) is 79.2 Å². The van der Waals surface area contributed by atoms with Crippen LogP contribution in [0.4, 0.5) is 0 Å². The van der Waals surface area contributed by atoms with E-state index in [1.165, 1.54) is 36.1 Å². The summed E-state index contributed by atoms with van der Waals surface area (Å²) in [5, 5.41) is 11.8. The molecule has 1 aliphatic carbocycles. The lowest BCUT2D eigenvalue weighted by Crippen LogP contribution is -2.33. The molecule has 5 rings (SSSR count). The second-order valence-corrected chi connectivity index (χ2v) is 6.61. The fourth-order valence-corrected chi connectivity index (χ4v) is 3.54. The fourth-order valence-electron chi connectivity index (χ4n) is 3.54. The average Bonchev–Trinajstić information content (AvgIpc) is 3.27. The highest BCUT2D eigenvalue weighted by atomic mass is 16.2. The number of nitrogens with zero attached hydrogens (tertiary/aromatic N) is 5. The first-order chi connectivity index (χ1) is 11.8. The Morgan fingerprint density at radius 3 is 3.00 bits per heavy atom. The lowest BCUT2D eigenvalue weighted by Gasteiger charge is -2.20. The van der Waals surface area contributed by atoms with Gasteiger partial charge >= 0.3 is 0 Å². The van der Waals surface area contributed by atoms with E-state index in [4.69, 9.17) is 0 Å². The number of aromatic amines is 1. The molecule has 3 aromatic heterocycles. The number of carbonyl (C=O) groups is 1. The van der Waals surface area contributed by atoms with Crippen molar-refractivity contribution in [1.29, 1.82) is 0 Å². The third-order valence-electron chi connectivity index (χ3n) is 5.03. The van der Waals surface area contributed by atoms with Crippen LogP contribution in [0.25, 0.3) is 5.65 Å². The number of carbonyl (C=O) groups excluding carboxylic acids is 1. The van der Waals surface area contributed by atoms with Crippen molar-refractivity contribution in [3.63, 3.8) is 0 Å². The molecule has 1 saturated carbocycles. The third-order valence-corrected chi connectivity index (χ3v) is 5.03. The van der Waals surface area contributed by atoms with Gasteiger partial charge in [0.1, 0.15) is 6.33 Å². The van der Waals surface area contributed by atoms with Gasteiger partial charge in [-0.25, -0.2) is 9.50 Å². The zero-order chi connectivity index (χ0) is 16.1. The van der Waals surface area contributed by atoms with Crippen molar-refractivity contribution in [1.82, 2.24) is 29.7 Å². The molecule has 0 unspecified atom stereocenters. The molecule has 1 N–H and O–H groups in total. The van der Waals surface area contributed by atoms with Crippen LogP contribution < -0.4 is 0 Å². The Balaban J connectivity index is 1.38. The monoisotopic (exact) mass is 322 g/mol. The van der Waals surface area contributed by atoms with E-state index >= 15 is 0 Å². The number of hydrogen-bond acceptors (Lipinski definition) is 4. The van der Waals surface area contributed by atoms with Crippen molar-refractivity contribution in [3.8, 4) is 0 Å². The van der Waals surface area contributed by atoms with Crippen LogP contribution in [0.1, 0.15) is 46.1 Å². The molecule has 0 atom stereocenters. The first-order valence-corrected chi connectivity index (χ1v) is 8.44. The second kappa shape index (κ2) is 5.15. The summed E-state index contributed by atoms with van der Waals surface area (Å²) in [6.07, 6.45) is 7.50. The summed E-state index contributed by atoms with van der Waals surface area (Å²) < 4.78 is 1.66. The van der Waals surface area contributed by atoms with E-state index in [1.54, 1.807) is 16.8 Å². The van der Waals surface area contributed by atoms with E-state index < -0.39 is 0 Å². The maximum atomic E-state index is 12.9. The van der Waals surface area contributed by atoms with E-state index in [1.807, 2.05) is 11.0 Å². The normalized spacial score (nSPS) is 17.8. The minimum absolute atomic E-state index is 0.0617.